The number of amides is 1. The van der Waals surface area contributed by atoms with E-state index in [1.807, 2.05) is 6.92 Å². The minimum absolute atomic E-state index is 0.0432. The molecule has 154 valence electrons. The number of aliphatic hydroxyl groups excluding tert-OH is 1. The quantitative estimate of drug-likeness (QED) is 0.254. The molecule has 9 heteroatoms. The minimum atomic E-state index is -0.607. The van der Waals surface area contributed by atoms with Crippen LogP contribution in [0.3, 0.4) is 0 Å². The number of nitrogens with two attached hydrogens (primary N) is 1. The lowest BCUT2D eigenvalue weighted by molar-refractivity contribution is 0.102. The van der Waals surface area contributed by atoms with Gasteiger partial charge in [-0.15, -0.1) is 0 Å². The number of nitrogens with one attached hydrogen (secondary N) is 2. The zero-order valence-corrected chi connectivity index (χ0v) is 16.4. The van der Waals surface area contributed by atoms with Crippen molar-refractivity contribution in [3.8, 4) is 0 Å². The van der Waals surface area contributed by atoms with Gasteiger partial charge in [-0.2, -0.15) is 0 Å². The van der Waals surface area contributed by atoms with Gasteiger partial charge in [-0.25, -0.2) is 15.2 Å². The van der Waals surface area contributed by atoms with Crippen LogP contribution >= 0.6 is 0 Å². The zero-order valence-electron chi connectivity index (χ0n) is 16.4. The normalized spacial score (nSPS) is 14.4. The number of carbonyl (C=O) groups is 1. The van der Waals surface area contributed by atoms with Gasteiger partial charge >= 0.3 is 0 Å². The molecule has 0 spiro atoms. The van der Waals surface area contributed by atoms with Crippen LogP contribution in [0.2, 0.25) is 0 Å². The second kappa shape index (κ2) is 8.64. The maximum absolute atomic E-state index is 14.5. The summed E-state index contributed by atoms with van der Waals surface area (Å²) in [6.45, 7) is 5.70. The Morgan fingerprint density at radius 3 is 2.76 bits per heavy atom. The summed E-state index contributed by atoms with van der Waals surface area (Å²) in [4.78, 5) is 19.0. The third kappa shape index (κ3) is 4.42. The maximum atomic E-state index is 14.5. The zero-order chi connectivity index (χ0) is 21.1. The monoisotopic (exact) mass is 400 g/mol. The van der Waals surface area contributed by atoms with Crippen LogP contribution in [0.1, 0.15) is 41.0 Å². The molecule has 1 aromatic carbocycles. The summed E-state index contributed by atoms with van der Waals surface area (Å²) in [6, 6.07) is 7.27. The molecule has 3 rings (SSSR count). The van der Waals surface area contributed by atoms with Crippen LogP contribution in [0.5, 0.6) is 0 Å². The van der Waals surface area contributed by atoms with Crippen LogP contribution in [0, 0.1) is 11.2 Å². The summed E-state index contributed by atoms with van der Waals surface area (Å²) in [5.41, 5.74) is 2.02. The molecule has 2 aromatic rings. The molecule has 1 unspecified atom stereocenters. The fourth-order valence-corrected chi connectivity index (χ4v) is 3.15. The van der Waals surface area contributed by atoms with E-state index in [1.165, 1.54) is 6.07 Å². The molecule has 1 aliphatic heterocycles. The molecule has 8 nitrogen and oxygen atoms in total. The summed E-state index contributed by atoms with van der Waals surface area (Å²) in [7, 11) is 0. The van der Waals surface area contributed by atoms with Gasteiger partial charge in [-0.05, 0) is 48.9 Å². The highest BCUT2D eigenvalue weighted by Crippen LogP contribution is 2.26. The van der Waals surface area contributed by atoms with Gasteiger partial charge in [-0.3, -0.25) is 20.1 Å². The Hall–Kier alpha value is -2.88. The Morgan fingerprint density at radius 2 is 2.10 bits per heavy atom. The van der Waals surface area contributed by atoms with Gasteiger partial charge in [0.1, 0.15) is 17.3 Å². The van der Waals surface area contributed by atoms with Crippen molar-refractivity contribution in [2.45, 2.75) is 33.0 Å². The van der Waals surface area contributed by atoms with Gasteiger partial charge in [0.25, 0.3) is 5.91 Å². The number of carbonyl (C=O) groups excluding carboxylic acids is 1. The highest BCUT2D eigenvalue weighted by Gasteiger charge is 2.23. The predicted molar refractivity (Wildman–Crippen MR) is 108 cm³/mol. The van der Waals surface area contributed by atoms with Crippen molar-refractivity contribution in [1.29, 1.82) is 5.41 Å². The van der Waals surface area contributed by atoms with Crippen molar-refractivity contribution in [3.63, 3.8) is 0 Å². The number of hydrazine groups is 1. The molecule has 5 N–H and O–H groups in total. The summed E-state index contributed by atoms with van der Waals surface area (Å²) in [5, 5.41) is 21.0. The first kappa shape index (κ1) is 20.8. The molecule has 0 fully saturated rings. The van der Waals surface area contributed by atoms with Crippen LogP contribution in [0.25, 0.3) is 0 Å². The molecule has 1 amide bonds. The van der Waals surface area contributed by atoms with E-state index in [4.69, 9.17) is 11.3 Å². The van der Waals surface area contributed by atoms with E-state index in [2.05, 4.69) is 15.2 Å². The smallest absolute Gasteiger partial charge is 0.259 e. The Labute approximate surface area is 168 Å². The number of aromatic nitrogens is 1. The van der Waals surface area contributed by atoms with E-state index >= 15 is 0 Å². The van der Waals surface area contributed by atoms with E-state index in [0.29, 0.717) is 13.1 Å². The summed E-state index contributed by atoms with van der Waals surface area (Å²) >= 11 is 0. The number of benzene rings is 1. The number of nitrogens with zero attached hydrogens (tertiary/aromatic N) is 3. The number of rotatable bonds is 6. The second-order valence-corrected chi connectivity index (χ2v) is 7.05. The van der Waals surface area contributed by atoms with Crippen LogP contribution in [-0.4, -0.2) is 50.9 Å². The molecule has 1 atom stereocenters. The van der Waals surface area contributed by atoms with Gasteiger partial charge < -0.3 is 10.4 Å². The average Bonchev–Trinajstić information content (AvgIpc) is 3.13. The second-order valence-electron chi connectivity index (χ2n) is 7.05. The number of amidine groups is 1. The number of hydrogen-bond donors (Lipinski definition) is 4. The molecule has 0 aliphatic carbocycles. The van der Waals surface area contributed by atoms with Crippen LogP contribution in [0.15, 0.2) is 30.3 Å². The number of halogens is 1. The first-order valence-electron chi connectivity index (χ1n) is 9.39. The highest BCUT2D eigenvalue weighted by molar-refractivity contribution is 6.04. The largest absolute Gasteiger partial charge is 0.394 e. The van der Waals surface area contributed by atoms with Crippen molar-refractivity contribution in [1.82, 2.24) is 14.9 Å². The van der Waals surface area contributed by atoms with Crippen LogP contribution < -0.4 is 11.2 Å². The van der Waals surface area contributed by atoms with Gasteiger partial charge in [0.15, 0.2) is 5.84 Å². The SMILES string of the molecule is CCN1Cc2cc(F)c(C(=O)Nc3cccc(C(=N)N(N)C(C)CO)n3)cc2C1. The Bertz CT molecular complexity index is 935. The van der Waals surface area contributed by atoms with E-state index in [0.717, 1.165) is 22.7 Å². The van der Waals surface area contributed by atoms with Crippen molar-refractivity contribution in [3.05, 3.63) is 58.5 Å². The van der Waals surface area contributed by atoms with Crippen LogP contribution in [-0.2, 0) is 13.1 Å². The fourth-order valence-electron chi connectivity index (χ4n) is 3.15. The Kier molecular flexibility index (Phi) is 6.21. The summed E-state index contributed by atoms with van der Waals surface area (Å²) < 4.78 is 14.5. The van der Waals surface area contributed by atoms with E-state index in [9.17, 15) is 14.3 Å². The summed E-state index contributed by atoms with van der Waals surface area (Å²) in [6.07, 6.45) is 0. The summed E-state index contributed by atoms with van der Waals surface area (Å²) in [5.74, 6) is 4.70. The molecule has 0 bridgehead atoms. The molecule has 0 radical (unpaired) electrons. The first-order chi connectivity index (χ1) is 13.8. The van der Waals surface area contributed by atoms with Gasteiger partial charge in [0, 0.05) is 13.1 Å². The van der Waals surface area contributed by atoms with E-state index < -0.39 is 17.8 Å². The molecule has 29 heavy (non-hydrogen) atoms. The lowest BCUT2D eigenvalue weighted by Gasteiger charge is -2.24. The number of pyridine rings is 1. The van der Waals surface area contributed by atoms with Gasteiger partial charge in [0.05, 0.1) is 18.2 Å². The molecule has 2 heterocycles. The van der Waals surface area contributed by atoms with Gasteiger partial charge in [0.2, 0.25) is 0 Å². The third-order valence-corrected chi connectivity index (χ3v) is 5.00. The highest BCUT2D eigenvalue weighted by atomic mass is 19.1. The number of fused-ring (bicyclic) bond motifs is 1. The average molecular weight is 400 g/mol. The molecular formula is C20H25FN6O2. The molecule has 1 aliphatic rings. The van der Waals surface area contributed by atoms with Gasteiger partial charge in [-0.1, -0.05) is 13.0 Å². The van der Waals surface area contributed by atoms with Crippen molar-refractivity contribution >= 4 is 17.6 Å². The first-order valence-corrected chi connectivity index (χ1v) is 9.39. The molecular weight excluding hydrogens is 375 g/mol. The third-order valence-electron chi connectivity index (χ3n) is 5.00. The fraction of sp³-hybridized carbons (Fsp3) is 0.350. The lowest BCUT2D eigenvalue weighted by Crippen LogP contribution is -2.46. The van der Waals surface area contributed by atoms with Crippen molar-refractivity contribution < 1.29 is 14.3 Å². The van der Waals surface area contributed by atoms with Crippen LogP contribution in [0.4, 0.5) is 10.2 Å². The topological polar surface area (TPSA) is 119 Å². The maximum Gasteiger partial charge on any atom is 0.259 e. The number of hydrogen-bond acceptors (Lipinski definition) is 6. The lowest BCUT2D eigenvalue weighted by atomic mass is 10.1. The Morgan fingerprint density at radius 1 is 1.41 bits per heavy atom. The van der Waals surface area contributed by atoms with E-state index in [-0.39, 0.29) is 29.5 Å². The predicted octanol–water partition coefficient (Wildman–Crippen LogP) is 1.69. The van der Waals surface area contributed by atoms with E-state index in [1.54, 1.807) is 31.2 Å². The minimum Gasteiger partial charge on any atom is -0.394 e. The standard InChI is InChI=1S/C20H25FN6O2/c1-3-26-9-13-7-15(16(21)8-14(13)10-26)20(29)25-18-6-4-5-17(24-18)19(22)27(23)12(2)11-28/h4-8,12,22,28H,3,9-11,23H2,1-2H3,(H,24,25,29). The molecule has 0 saturated carbocycles. The molecule has 0 saturated heterocycles. The molecule has 1 aromatic heterocycles. The van der Waals surface area contributed by atoms with Crippen molar-refractivity contribution in [2.75, 3.05) is 18.5 Å². The number of aliphatic hydroxyl groups is 1. The number of anilines is 1. The Balaban J connectivity index is 1.78. The van der Waals surface area contributed by atoms with Crippen molar-refractivity contribution in [2.24, 2.45) is 5.84 Å².